The van der Waals surface area contributed by atoms with Crippen molar-refractivity contribution in [3.8, 4) is 23.1 Å². The van der Waals surface area contributed by atoms with Gasteiger partial charge in [0.25, 0.3) is 5.82 Å². The average Bonchev–Trinajstić information content (AvgIpc) is 3.77. The Morgan fingerprint density at radius 1 is 1.06 bits per heavy atom. The molecule has 0 fully saturated rings. The number of nitriles is 1. The van der Waals surface area contributed by atoms with Crippen molar-refractivity contribution >= 4 is 23.3 Å². The summed E-state index contributed by atoms with van der Waals surface area (Å²) in [6.07, 6.45) is -5.01. The lowest BCUT2D eigenvalue weighted by Crippen LogP contribution is -3.00. The molecule has 1 unspecified atom stereocenters. The summed E-state index contributed by atoms with van der Waals surface area (Å²) in [5.41, 5.74) is 0.873. The van der Waals surface area contributed by atoms with Crippen LogP contribution in [0.2, 0.25) is 0 Å². The van der Waals surface area contributed by atoms with E-state index in [1.54, 1.807) is 60.2 Å². The Kier molecular flexibility index (Phi) is 13.8. The molecule has 10 nitrogen and oxygen atoms in total. The van der Waals surface area contributed by atoms with E-state index in [0.29, 0.717) is 56.9 Å². The van der Waals surface area contributed by atoms with Gasteiger partial charge in [0.2, 0.25) is 6.33 Å². The number of carbonyl (C=O) groups is 2. The van der Waals surface area contributed by atoms with Gasteiger partial charge in [0.05, 0.1) is 41.8 Å². The number of esters is 2. The number of nitrogens with one attached hydrogen (secondary N) is 2. The monoisotopic (exact) mass is 832 g/mol. The fourth-order valence-electron chi connectivity index (χ4n) is 5.85. The molecule has 2 heterocycles. The normalized spacial score (nSPS) is 12.4. The first-order chi connectivity index (χ1) is 25.2. The van der Waals surface area contributed by atoms with Crippen molar-refractivity contribution in [1.29, 1.82) is 5.26 Å². The second kappa shape index (κ2) is 17.9. The van der Waals surface area contributed by atoms with E-state index in [2.05, 4.69) is 20.5 Å². The number of carbonyl (C=O) groups excluding carboxylic acids is 2. The third-order valence-electron chi connectivity index (χ3n) is 8.34. The summed E-state index contributed by atoms with van der Waals surface area (Å²) in [6, 6.07) is 14.5. The van der Waals surface area contributed by atoms with Gasteiger partial charge in [0.1, 0.15) is 17.4 Å². The van der Waals surface area contributed by atoms with Crippen LogP contribution in [-0.4, -0.2) is 46.4 Å². The third kappa shape index (κ3) is 10.1. The fraction of sp³-hybridized carbons (Fsp3) is 0.297. The van der Waals surface area contributed by atoms with E-state index in [-0.39, 0.29) is 42.3 Å². The van der Waals surface area contributed by atoms with E-state index in [9.17, 15) is 27.2 Å². The van der Waals surface area contributed by atoms with Gasteiger partial charge < -0.3 is 31.8 Å². The van der Waals surface area contributed by atoms with E-state index < -0.39 is 53.8 Å². The van der Waals surface area contributed by atoms with Gasteiger partial charge in [-0.3, -0.25) is 4.79 Å². The van der Waals surface area contributed by atoms with E-state index in [4.69, 9.17) is 14.7 Å². The minimum Gasteiger partial charge on any atom is -1.00 e. The van der Waals surface area contributed by atoms with E-state index >= 15 is 4.39 Å². The SMILES string of the molecule is CCNCC(=O)Oc1c(C)cc(C[n+]2c[nH]nc2CC(CCc2nc(-c3ccc(C#N)cc3)cs2)(OC(=O)C(F)(F)F)c2ccc(F)cc2F)cc1C.[Br-]. The summed E-state index contributed by atoms with van der Waals surface area (Å²) in [6.45, 7) is 6.12. The number of rotatable bonds is 14. The molecular weight excluding hydrogens is 799 g/mol. The lowest BCUT2D eigenvalue weighted by Gasteiger charge is -2.33. The molecule has 2 N–H and O–H groups in total. The smallest absolute Gasteiger partial charge is 0.490 e. The molecule has 0 aliphatic heterocycles. The molecule has 0 spiro atoms. The number of nitrogens with zero attached hydrogens (tertiary/aromatic N) is 4. The molecule has 3 aromatic carbocycles. The Hall–Kier alpha value is -5.05. The number of aromatic nitrogens is 4. The number of ether oxygens (including phenoxy) is 2. The Labute approximate surface area is 321 Å². The summed E-state index contributed by atoms with van der Waals surface area (Å²) in [4.78, 5) is 29.4. The third-order valence-corrected chi connectivity index (χ3v) is 9.24. The van der Waals surface area contributed by atoms with Crippen LogP contribution in [0, 0.1) is 36.8 Å². The number of hydrogen-bond acceptors (Lipinski definition) is 9. The van der Waals surface area contributed by atoms with Crippen LogP contribution in [0.25, 0.3) is 11.3 Å². The molecule has 2 aromatic heterocycles. The van der Waals surface area contributed by atoms with Crippen LogP contribution < -0.4 is 31.6 Å². The van der Waals surface area contributed by atoms with Gasteiger partial charge in [-0.1, -0.05) is 19.1 Å². The number of likely N-dealkylation sites (N-methyl/N-ethyl adjacent to an activating group) is 1. The molecule has 0 bridgehead atoms. The molecule has 1 atom stereocenters. The first-order valence-corrected chi connectivity index (χ1v) is 17.2. The van der Waals surface area contributed by atoms with Gasteiger partial charge in [-0.15, -0.1) is 16.4 Å². The van der Waals surface area contributed by atoms with Crippen LogP contribution >= 0.6 is 11.3 Å². The molecule has 5 aromatic rings. The van der Waals surface area contributed by atoms with Crippen molar-refractivity contribution in [2.45, 2.75) is 58.4 Å². The first kappa shape index (κ1) is 41.7. The minimum absolute atomic E-state index is 0. The molecule has 0 saturated carbocycles. The molecule has 54 heavy (non-hydrogen) atoms. The fourth-order valence-corrected chi connectivity index (χ4v) is 6.66. The van der Waals surface area contributed by atoms with E-state index in [1.807, 2.05) is 13.0 Å². The van der Waals surface area contributed by atoms with Crippen LogP contribution in [0.1, 0.15) is 52.0 Å². The predicted octanol–water partition coefficient (Wildman–Crippen LogP) is 3.33. The van der Waals surface area contributed by atoms with Crippen molar-refractivity contribution in [1.82, 2.24) is 20.5 Å². The number of H-pyrrole nitrogens is 1. The average molecular weight is 834 g/mol. The second-order valence-corrected chi connectivity index (χ2v) is 13.2. The zero-order valence-corrected chi connectivity index (χ0v) is 31.6. The Morgan fingerprint density at radius 3 is 2.39 bits per heavy atom. The van der Waals surface area contributed by atoms with Crippen LogP contribution in [0.15, 0.2) is 66.3 Å². The largest absolute Gasteiger partial charge is 1.00 e. The van der Waals surface area contributed by atoms with Crippen molar-refractivity contribution < 1.29 is 62.6 Å². The van der Waals surface area contributed by atoms with E-state index in [0.717, 1.165) is 12.1 Å². The standard InChI is InChI=1S/C37H33F5N6O4S.BrH/c1-4-44-18-33(49)51-34-22(2)13-25(14-23(34)3)19-48-21-45-47-31(48)16-36(52-35(50)37(40,41)42,28-10-9-27(38)15-29(28)39)12-11-32-46-30(20-53-32)26-7-5-24(17-43)6-8-26;/h5-10,13-15,20-21,44H,4,11-12,16,18-19H2,1-3H3;1H. The topological polar surface area (TPSA) is 134 Å². The quantitative estimate of drug-likeness (QED) is 0.0755. The summed E-state index contributed by atoms with van der Waals surface area (Å²) in [5.74, 6) is -4.74. The van der Waals surface area contributed by atoms with Crippen LogP contribution in [0.4, 0.5) is 22.0 Å². The highest BCUT2D eigenvalue weighted by Gasteiger charge is 2.49. The summed E-state index contributed by atoms with van der Waals surface area (Å²) < 4.78 is 83.7. The van der Waals surface area contributed by atoms with Crippen LogP contribution in [0.5, 0.6) is 5.75 Å². The van der Waals surface area contributed by atoms with Crippen molar-refractivity contribution in [3.63, 3.8) is 0 Å². The Bertz CT molecular complexity index is 2130. The highest BCUT2D eigenvalue weighted by molar-refractivity contribution is 7.09. The molecule has 0 amide bonds. The molecule has 17 heteroatoms. The first-order valence-electron chi connectivity index (χ1n) is 16.4. The van der Waals surface area contributed by atoms with Gasteiger partial charge in [-0.05, 0) is 79.9 Å². The maximum absolute atomic E-state index is 15.6. The molecule has 284 valence electrons. The van der Waals surface area contributed by atoms with Crippen molar-refractivity contribution in [2.75, 3.05) is 13.1 Å². The lowest BCUT2D eigenvalue weighted by atomic mass is 9.84. The zero-order valence-electron chi connectivity index (χ0n) is 29.2. The lowest BCUT2D eigenvalue weighted by molar-refractivity contribution is -0.696. The molecule has 5 rings (SSSR count). The minimum atomic E-state index is -5.44. The van der Waals surface area contributed by atoms with Crippen molar-refractivity contribution in [2.24, 2.45) is 0 Å². The molecule has 0 radical (unpaired) electrons. The highest BCUT2D eigenvalue weighted by Crippen LogP contribution is 2.39. The molecule has 0 saturated heterocycles. The molecule has 0 aliphatic carbocycles. The molecular formula is C37H34BrF5N6O4S. The number of aryl methyl sites for hydroxylation is 3. The van der Waals surface area contributed by atoms with Gasteiger partial charge >= 0.3 is 18.1 Å². The van der Waals surface area contributed by atoms with Gasteiger partial charge in [0, 0.05) is 34.1 Å². The maximum atomic E-state index is 15.6. The van der Waals surface area contributed by atoms with Crippen LogP contribution in [-0.2, 0) is 39.3 Å². The second-order valence-electron chi connectivity index (χ2n) is 12.2. The number of aromatic amines is 1. The van der Waals surface area contributed by atoms with Crippen molar-refractivity contribution in [3.05, 3.63) is 117 Å². The maximum Gasteiger partial charge on any atom is 0.490 e. The van der Waals surface area contributed by atoms with Gasteiger partial charge in [-0.2, -0.15) is 18.4 Å². The number of alkyl halides is 3. The zero-order chi connectivity index (χ0) is 38.3. The number of hydrogen-bond donors (Lipinski definition) is 2. The summed E-state index contributed by atoms with van der Waals surface area (Å²) >= 11 is 1.19. The Morgan fingerprint density at radius 2 is 1.76 bits per heavy atom. The summed E-state index contributed by atoms with van der Waals surface area (Å²) in [7, 11) is 0. The predicted molar refractivity (Wildman–Crippen MR) is 182 cm³/mol. The number of thiazole rings is 1. The highest BCUT2D eigenvalue weighted by atomic mass is 79.9. The molecule has 0 aliphatic rings. The Balaban J connectivity index is 0.00000650. The van der Waals surface area contributed by atoms with Gasteiger partial charge in [-0.25, -0.2) is 23.1 Å². The summed E-state index contributed by atoms with van der Waals surface area (Å²) in [5, 5.41) is 21.1. The number of halogens is 6. The number of benzene rings is 3. The van der Waals surface area contributed by atoms with E-state index in [1.165, 1.54) is 17.7 Å². The van der Waals surface area contributed by atoms with Crippen LogP contribution in [0.3, 0.4) is 0 Å². The van der Waals surface area contributed by atoms with Gasteiger partial charge in [0.15, 0.2) is 5.60 Å².